The van der Waals surface area contributed by atoms with Gasteiger partial charge in [-0.05, 0) is 19.8 Å². The standard InChI is InChI=1S/C11H18ClN3/c1-7(2)9(4)15(5)11-8(3)10(12)13-6-14-11/h6-7,9H,1-5H3. The second-order valence-corrected chi connectivity index (χ2v) is 4.57. The Hall–Kier alpha value is -0.830. The van der Waals surface area contributed by atoms with Crippen molar-refractivity contribution in [2.45, 2.75) is 33.7 Å². The van der Waals surface area contributed by atoms with E-state index in [1.807, 2.05) is 14.0 Å². The molecule has 0 N–H and O–H groups in total. The average molecular weight is 228 g/mol. The molecule has 0 aliphatic carbocycles. The SMILES string of the molecule is Cc1c(Cl)ncnc1N(C)C(C)C(C)C. The zero-order valence-corrected chi connectivity index (χ0v) is 10.7. The number of aromatic nitrogens is 2. The summed E-state index contributed by atoms with van der Waals surface area (Å²) < 4.78 is 0. The third kappa shape index (κ3) is 2.59. The van der Waals surface area contributed by atoms with Crippen LogP contribution in [0.1, 0.15) is 26.3 Å². The van der Waals surface area contributed by atoms with Crippen molar-refractivity contribution in [1.29, 1.82) is 0 Å². The van der Waals surface area contributed by atoms with Gasteiger partial charge in [0.25, 0.3) is 0 Å². The summed E-state index contributed by atoms with van der Waals surface area (Å²) in [6, 6.07) is 0.426. The highest BCUT2D eigenvalue weighted by Gasteiger charge is 2.17. The molecule has 0 aromatic carbocycles. The summed E-state index contributed by atoms with van der Waals surface area (Å²) in [4.78, 5) is 10.4. The molecule has 0 radical (unpaired) electrons. The van der Waals surface area contributed by atoms with Gasteiger partial charge in [0, 0.05) is 18.7 Å². The molecule has 1 heterocycles. The monoisotopic (exact) mass is 227 g/mol. The van der Waals surface area contributed by atoms with Crippen LogP contribution in [0.15, 0.2) is 6.33 Å². The highest BCUT2D eigenvalue weighted by molar-refractivity contribution is 6.30. The minimum absolute atomic E-state index is 0.426. The lowest BCUT2D eigenvalue weighted by atomic mass is 10.1. The van der Waals surface area contributed by atoms with Crippen molar-refractivity contribution in [3.05, 3.63) is 17.0 Å². The van der Waals surface area contributed by atoms with Gasteiger partial charge in [0.1, 0.15) is 17.3 Å². The van der Waals surface area contributed by atoms with Gasteiger partial charge < -0.3 is 4.90 Å². The molecule has 4 heteroatoms. The van der Waals surface area contributed by atoms with Crippen molar-refractivity contribution in [1.82, 2.24) is 9.97 Å². The third-order valence-corrected chi connectivity index (χ3v) is 3.29. The Bertz CT molecular complexity index is 339. The van der Waals surface area contributed by atoms with Gasteiger partial charge >= 0.3 is 0 Å². The molecule has 0 bridgehead atoms. The molecule has 0 amide bonds. The zero-order valence-electron chi connectivity index (χ0n) is 9.95. The minimum Gasteiger partial charge on any atom is -0.356 e. The summed E-state index contributed by atoms with van der Waals surface area (Å²) in [5.41, 5.74) is 0.939. The fourth-order valence-electron chi connectivity index (χ4n) is 1.42. The van der Waals surface area contributed by atoms with Crippen molar-refractivity contribution in [3.8, 4) is 0 Å². The predicted molar refractivity (Wildman–Crippen MR) is 64.5 cm³/mol. The number of anilines is 1. The van der Waals surface area contributed by atoms with Gasteiger partial charge in [-0.1, -0.05) is 25.4 Å². The third-order valence-electron chi connectivity index (χ3n) is 2.91. The molecule has 1 atom stereocenters. The van der Waals surface area contributed by atoms with Crippen LogP contribution in [0.25, 0.3) is 0 Å². The van der Waals surface area contributed by atoms with Gasteiger partial charge in [-0.15, -0.1) is 0 Å². The normalized spacial score (nSPS) is 13.0. The quantitative estimate of drug-likeness (QED) is 0.744. The fourth-order valence-corrected chi connectivity index (χ4v) is 1.54. The summed E-state index contributed by atoms with van der Waals surface area (Å²) in [5, 5.41) is 0.530. The fraction of sp³-hybridized carbons (Fsp3) is 0.636. The van der Waals surface area contributed by atoms with Gasteiger partial charge in [0.15, 0.2) is 0 Å². The van der Waals surface area contributed by atoms with Gasteiger partial charge in [0.05, 0.1) is 0 Å². The molecule has 3 nitrogen and oxygen atoms in total. The van der Waals surface area contributed by atoms with E-state index in [0.29, 0.717) is 17.1 Å². The van der Waals surface area contributed by atoms with Gasteiger partial charge in [0.2, 0.25) is 0 Å². The average Bonchev–Trinajstić information content (AvgIpc) is 2.20. The van der Waals surface area contributed by atoms with Crippen LogP contribution in [0.4, 0.5) is 5.82 Å². The molecule has 15 heavy (non-hydrogen) atoms. The highest BCUT2D eigenvalue weighted by Crippen LogP contribution is 2.24. The summed E-state index contributed by atoms with van der Waals surface area (Å²) in [7, 11) is 2.04. The first-order valence-corrected chi connectivity index (χ1v) is 5.52. The van der Waals surface area contributed by atoms with Crippen molar-refractivity contribution >= 4 is 17.4 Å². The topological polar surface area (TPSA) is 29.0 Å². The maximum atomic E-state index is 5.96. The first-order valence-electron chi connectivity index (χ1n) is 5.15. The van der Waals surface area contributed by atoms with Crippen molar-refractivity contribution in [2.24, 2.45) is 5.92 Å². The van der Waals surface area contributed by atoms with Gasteiger partial charge in [-0.25, -0.2) is 9.97 Å². The molecule has 1 unspecified atom stereocenters. The van der Waals surface area contributed by atoms with Crippen LogP contribution < -0.4 is 4.90 Å². The van der Waals surface area contributed by atoms with Gasteiger partial charge in [-0.3, -0.25) is 0 Å². The second-order valence-electron chi connectivity index (χ2n) is 4.21. The summed E-state index contributed by atoms with van der Waals surface area (Å²) in [5.74, 6) is 1.49. The molecule has 0 spiro atoms. The van der Waals surface area contributed by atoms with Crippen LogP contribution in [-0.4, -0.2) is 23.1 Å². The highest BCUT2D eigenvalue weighted by atomic mass is 35.5. The Morgan fingerprint density at radius 2 is 1.87 bits per heavy atom. The van der Waals surface area contributed by atoms with E-state index in [2.05, 4.69) is 35.6 Å². The summed E-state index contributed by atoms with van der Waals surface area (Å²) in [6.45, 7) is 8.51. The molecule has 1 aromatic rings. The molecule has 0 fully saturated rings. The van der Waals surface area contributed by atoms with Crippen LogP contribution >= 0.6 is 11.6 Å². The molecular formula is C11H18ClN3. The molecular weight excluding hydrogens is 210 g/mol. The van der Waals surface area contributed by atoms with E-state index in [4.69, 9.17) is 11.6 Å². The summed E-state index contributed by atoms with van der Waals surface area (Å²) >= 11 is 5.96. The van der Waals surface area contributed by atoms with Gasteiger partial charge in [-0.2, -0.15) is 0 Å². The Morgan fingerprint density at radius 1 is 1.27 bits per heavy atom. The van der Waals surface area contributed by atoms with E-state index in [-0.39, 0.29) is 0 Å². The molecule has 1 rings (SSSR count). The van der Waals surface area contributed by atoms with Crippen molar-refractivity contribution in [2.75, 3.05) is 11.9 Å². The number of nitrogens with zero attached hydrogens (tertiary/aromatic N) is 3. The number of hydrogen-bond acceptors (Lipinski definition) is 3. The Labute approximate surface area is 96.5 Å². The first kappa shape index (κ1) is 12.2. The van der Waals surface area contributed by atoms with Crippen LogP contribution in [0.5, 0.6) is 0 Å². The number of hydrogen-bond donors (Lipinski definition) is 0. The zero-order chi connectivity index (χ0) is 11.6. The Morgan fingerprint density at radius 3 is 2.40 bits per heavy atom. The number of rotatable bonds is 3. The first-order chi connectivity index (χ1) is 6.95. The lowest BCUT2D eigenvalue weighted by molar-refractivity contribution is 0.502. The van der Waals surface area contributed by atoms with E-state index in [0.717, 1.165) is 11.4 Å². The predicted octanol–water partition coefficient (Wildman–Crippen LogP) is 2.92. The van der Waals surface area contributed by atoms with E-state index in [1.165, 1.54) is 6.33 Å². The van der Waals surface area contributed by atoms with Crippen molar-refractivity contribution in [3.63, 3.8) is 0 Å². The molecule has 1 aromatic heterocycles. The van der Waals surface area contributed by atoms with E-state index in [1.54, 1.807) is 0 Å². The summed E-state index contributed by atoms with van der Waals surface area (Å²) in [6.07, 6.45) is 1.51. The number of halogens is 1. The molecule has 0 saturated carbocycles. The molecule has 0 aliphatic rings. The van der Waals surface area contributed by atoms with Crippen LogP contribution in [-0.2, 0) is 0 Å². The van der Waals surface area contributed by atoms with Crippen LogP contribution in [0, 0.1) is 12.8 Å². The van der Waals surface area contributed by atoms with E-state index >= 15 is 0 Å². The minimum atomic E-state index is 0.426. The van der Waals surface area contributed by atoms with Crippen LogP contribution in [0.2, 0.25) is 5.15 Å². The van der Waals surface area contributed by atoms with E-state index in [9.17, 15) is 0 Å². The molecule has 84 valence electrons. The second kappa shape index (κ2) is 4.79. The molecule has 0 saturated heterocycles. The maximum Gasteiger partial charge on any atom is 0.137 e. The maximum absolute atomic E-state index is 5.96. The Balaban J connectivity index is 3.01. The Kier molecular flexibility index (Phi) is 3.91. The van der Waals surface area contributed by atoms with Crippen molar-refractivity contribution < 1.29 is 0 Å². The van der Waals surface area contributed by atoms with E-state index < -0.39 is 0 Å². The van der Waals surface area contributed by atoms with Crippen LogP contribution in [0.3, 0.4) is 0 Å². The smallest absolute Gasteiger partial charge is 0.137 e. The lowest BCUT2D eigenvalue weighted by Crippen LogP contribution is -2.34. The molecule has 0 aliphatic heterocycles. The lowest BCUT2D eigenvalue weighted by Gasteiger charge is -2.29. The largest absolute Gasteiger partial charge is 0.356 e.